The Hall–Kier alpha value is -2.42. The highest BCUT2D eigenvalue weighted by Gasteiger charge is 2.23. The summed E-state index contributed by atoms with van der Waals surface area (Å²) in [6.45, 7) is 3.45. The monoisotopic (exact) mass is 526 g/mol. The van der Waals surface area contributed by atoms with Gasteiger partial charge in [-0.2, -0.15) is 0 Å². The van der Waals surface area contributed by atoms with Crippen molar-refractivity contribution in [1.82, 2.24) is 9.71 Å². The maximum absolute atomic E-state index is 13.0. The molecule has 1 saturated heterocycles. The summed E-state index contributed by atoms with van der Waals surface area (Å²) >= 11 is 1.27. The van der Waals surface area contributed by atoms with Gasteiger partial charge in [-0.05, 0) is 31.9 Å². The standard InChI is InChI=1S/C22H30N4O7S2/c1-15(13-30-2)33-25-20(21(27)24-22-23-12-18(34-22)14-31-3)16-4-6-19(7-5-16)35(28,29)26-17-8-10-32-11-9-17/h4-7,12,15,17,26H,8-11,13-14H2,1-3H3,(H,23,24,27)/b25-20+/t15-/m1/s1. The average Bonchev–Trinajstić information content (AvgIpc) is 3.27. The van der Waals surface area contributed by atoms with Crippen LogP contribution in [-0.4, -0.2) is 71.2 Å². The third-order valence-corrected chi connectivity index (χ3v) is 7.40. The molecule has 35 heavy (non-hydrogen) atoms. The van der Waals surface area contributed by atoms with Gasteiger partial charge in [0, 0.05) is 45.2 Å². The van der Waals surface area contributed by atoms with Crippen LogP contribution < -0.4 is 10.0 Å². The lowest BCUT2D eigenvalue weighted by molar-refractivity contribution is -0.110. The van der Waals surface area contributed by atoms with Crippen LogP contribution in [0.4, 0.5) is 5.13 Å². The molecule has 2 N–H and O–H groups in total. The van der Waals surface area contributed by atoms with Gasteiger partial charge < -0.3 is 19.0 Å². The van der Waals surface area contributed by atoms with Crippen LogP contribution in [0.2, 0.25) is 0 Å². The van der Waals surface area contributed by atoms with Crippen LogP contribution in [0.25, 0.3) is 0 Å². The lowest BCUT2D eigenvalue weighted by Crippen LogP contribution is -2.38. The van der Waals surface area contributed by atoms with Crippen LogP contribution in [0.5, 0.6) is 0 Å². The maximum Gasteiger partial charge on any atom is 0.280 e. The Kier molecular flexibility index (Phi) is 10.1. The minimum absolute atomic E-state index is 0.0298. The SMILES string of the molecule is COCc1cnc(NC(=O)/C(=N/O[C@H](C)COC)c2ccc(S(=O)(=O)NC3CCOCC3)cc2)s1. The van der Waals surface area contributed by atoms with Crippen molar-refractivity contribution in [1.29, 1.82) is 0 Å². The van der Waals surface area contributed by atoms with Crippen molar-refractivity contribution < 1.29 is 32.3 Å². The van der Waals surface area contributed by atoms with Crippen molar-refractivity contribution in [3.8, 4) is 0 Å². The summed E-state index contributed by atoms with van der Waals surface area (Å²) < 4.78 is 43.7. The summed E-state index contributed by atoms with van der Waals surface area (Å²) in [4.78, 5) is 23.6. The molecule has 0 unspecified atom stereocenters. The largest absolute Gasteiger partial charge is 0.390 e. The molecule has 0 saturated carbocycles. The molecule has 1 atom stereocenters. The quantitative estimate of drug-likeness (QED) is 0.317. The summed E-state index contributed by atoms with van der Waals surface area (Å²) in [7, 11) is -0.615. The maximum atomic E-state index is 13.0. The third kappa shape index (κ3) is 8.05. The van der Waals surface area contributed by atoms with Gasteiger partial charge >= 0.3 is 0 Å². The van der Waals surface area contributed by atoms with Gasteiger partial charge in [-0.25, -0.2) is 18.1 Å². The smallest absolute Gasteiger partial charge is 0.280 e. The number of aromatic nitrogens is 1. The molecule has 1 aromatic carbocycles. The Morgan fingerprint density at radius 3 is 2.60 bits per heavy atom. The lowest BCUT2D eigenvalue weighted by atomic mass is 10.1. The molecular weight excluding hydrogens is 496 g/mol. The molecule has 11 nitrogen and oxygen atoms in total. The third-order valence-electron chi connectivity index (χ3n) is 4.98. The van der Waals surface area contributed by atoms with Gasteiger partial charge in [0.2, 0.25) is 10.0 Å². The molecule has 0 bridgehead atoms. The number of ether oxygens (including phenoxy) is 3. The predicted octanol–water partition coefficient (Wildman–Crippen LogP) is 2.14. The zero-order chi connectivity index (χ0) is 25.3. The fourth-order valence-corrected chi connectivity index (χ4v) is 5.34. The zero-order valence-corrected chi connectivity index (χ0v) is 21.5. The molecule has 1 aliphatic heterocycles. The molecule has 1 amide bonds. The molecule has 13 heteroatoms. The van der Waals surface area contributed by atoms with Gasteiger partial charge in [0.25, 0.3) is 5.91 Å². The van der Waals surface area contributed by atoms with E-state index in [-0.39, 0.29) is 23.3 Å². The van der Waals surface area contributed by atoms with E-state index in [0.29, 0.717) is 43.4 Å². The van der Waals surface area contributed by atoms with Crippen molar-refractivity contribution in [2.24, 2.45) is 5.16 Å². The van der Waals surface area contributed by atoms with Crippen molar-refractivity contribution >= 4 is 38.1 Å². The van der Waals surface area contributed by atoms with E-state index in [1.165, 1.54) is 42.7 Å². The van der Waals surface area contributed by atoms with E-state index in [1.807, 2.05) is 0 Å². The molecular formula is C22H30N4O7S2. The second-order valence-electron chi connectivity index (χ2n) is 7.86. The topological polar surface area (TPSA) is 137 Å². The molecule has 0 spiro atoms. The second kappa shape index (κ2) is 13.0. The highest BCUT2D eigenvalue weighted by Crippen LogP contribution is 2.20. The molecule has 3 rings (SSSR count). The summed E-state index contributed by atoms with van der Waals surface area (Å²) in [5.74, 6) is -0.552. The Bertz CT molecular complexity index is 1100. The van der Waals surface area contributed by atoms with Crippen LogP contribution in [-0.2, 0) is 40.5 Å². The lowest BCUT2D eigenvalue weighted by Gasteiger charge is -2.23. The summed E-state index contributed by atoms with van der Waals surface area (Å²) in [6.07, 6.45) is 2.45. The highest BCUT2D eigenvalue weighted by atomic mass is 32.2. The number of anilines is 1. The van der Waals surface area contributed by atoms with Crippen LogP contribution in [0.15, 0.2) is 40.5 Å². The van der Waals surface area contributed by atoms with E-state index in [9.17, 15) is 13.2 Å². The molecule has 2 aromatic rings. The molecule has 1 aliphatic rings. The van der Waals surface area contributed by atoms with Gasteiger partial charge in [-0.3, -0.25) is 10.1 Å². The van der Waals surface area contributed by atoms with E-state index in [4.69, 9.17) is 19.0 Å². The molecule has 1 aromatic heterocycles. The number of rotatable bonds is 12. The zero-order valence-electron chi connectivity index (χ0n) is 19.9. The number of methoxy groups -OCH3 is 2. The van der Waals surface area contributed by atoms with Crippen molar-refractivity contribution in [3.63, 3.8) is 0 Å². The molecule has 2 heterocycles. The number of benzene rings is 1. The summed E-state index contributed by atoms with van der Waals surface area (Å²) in [6, 6.07) is 5.71. The highest BCUT2D eigenvalue weighted by molar-refractivity contribution is 7.89. The minimum atomic E-state index is -3.72. The van der Waals surface area contributed by atoms with E-state index < -0.39 is 22.0 Å². The Morgan fingerprint density at radius 1 is 1.23 bits per heavy atom. The van der Waals surface area contributed by atoms with Crippen molar-refractivity contribution in [3.05, 3.63) is 40.9 Å². The fourth-order valence-electron chi connectivity index (χ4n) is 3.26. The number of nitrogens with zero attached hydrogens (tertiary/aromatic N) is 2. The molecule has 1 fully saturated rings. The van der Waals surface area contributed by atoms with Gasteiger partial charge in [0.1, 0.15) is 6.10 Å². The average molecular weight is 527 g/mol. The number of carbonyl (C=O) groups excluding carboxylic acids is 1. The number of amides is 1. The Balaban J connectivity index is 1.79. The first kappa shape index (κ1) is 27.2. The first-order chi connectivity index (χ1) is 16.8. The number of carbonyl (C=O) groups is 1. The number of hydrogen-bond donors (Lipinski definition) is 2. The number of sulfonamides is 1. The van der Waals surface area contributed by atoms with Gasteiger partial charge in [-0.15, -0.1) is 0 Å². The van der Waals surface area contributed by atoms with Gasteiger partial charge in [0.05, 0.1) is 23.0 Å². The van der Waals surface area contributed by atoms with Crippen molar-refractivity contribution in [2.45, 2.75) is 43.4 Å². The van der Waals surface area contributed by atoms with E-state index in [2.05, 4.69) is 20.2 Å². The van der Waals surface area contributed by atoms with Crippen LogP contribution in [0, 0.1) is 0 Å². The fraction of sp³-hybridized carbons (Fsp3) is 0.500. The minimum Gasteiger partial charge on any atom is -0.390 e. The first-order valence-electron chi connectivity index (χ1n) is 11.0. The normalized spacial score (nSPS) is 16.1. The van der Waals surface area contributed by atoms with E-state index >= 15 is 0 Å². The number of thiazole rings is 1. The van der Waals surface area contributed by atoms with Gasteiger partial charge in [0.15, 0.2) is 10.8 Å². The molecule has 0 aliphatic carbocycles. The molecule has 192 valence electrons. The summed E-state index contributed by atoms with van der Waals surface area (Å²) in [5.41, 5.74) is 0.351. The predicted molar refractivity (Wildman–Crippen MR) is 131 cm³/mol. The number of hydrogen-bond acceptors (Lipinski definition) is 10. The molecule has 0 radical (unpaired) electrons. The second-order valence-corrected chi connectivity index (χ2v) is 10.7. The van der Waals surface area contributed by atoms with Crippen LogP contribution >= 0.6 is 11.3 Å². The van der Waals surface area contributed by atoms with Crippen molar-refractivity contribution in [2.75, 3.05) is 39.4 Å². The Morgan fingerprint density at radius 2 is 1.94 bits per heavy atom. The van der Waals surface area contributed by atoms with E-state index in [1.54, 1.807) is 20.2 Å². The van der Waals surface area contributed by atoms with Gasteiger partial charge in [-0.1, -0.05) is 28.6 Å². The van der Waals surface area contributed by atoms with Crippen LogP contribution in [0.3, 0.4) is 0 Å². The van der Waals surface area contributed by atoms with Crippen LogP contribution in [0.1, 0.15) is 30.2 Å². The first-order valence-corrected chi connectivity index (χ1v) is 13.3. The Labute approximate surface area is 208 Å². The number of oxime groups is 1. The summed E-state index contributed by atoms with van der Waals surface area (Å²) in [5, 5.41) is 7.11. The van der Waals surface area contributed by atoms with E-state index in [0.717, 1.165) is 4.88 Å². The number of nitrogens with one attached hydrogen (secondary N) is 2.